The highest BCUT2D eigenvalue weighted by molar-refractivity contribution is 6.38. The molecule has 6 aromatic heterocycles. The molecule has 12 aromatic rings. The van der Waals surface area contributed by atoms with Gasteiger partial charge in [0, 0.05) is 65.5 Å². The van der Waals surface area contributed by atoms with Crippen molar-refractivity contribution in [3.05, 3.63) is 113 Å². The van der Waals surface area contributed by atoms with Crippen LogP contribution in [0.25, 0.3) is 109 Å². The Morgan fingerprint density at radius 2 is 1.21 bits per heavy atom. The van der Waals surface area contributed by atoms with Gasteiger partial charge in [-0.2, -0.15) is 0 Å². The quantitative estimate of drug-likeness (QED) is 0.152. The first kappa shape index (κ1) is 37.2. The van der Waals surface area contributed by atoms with Crippen LogP contribution in [-0.2, 0) is 10.8 Å². The van der Waals surface area contributed by atoms with E-state index in [0.29, 0.717) is 23.7 Å². The lowest BCUT2D eigenvalue weighted by Crippen LogP contribution is -2.25. The van der Waals surface area contributed by atoms with E-state index in [1.807, 2.05) is 0 Å². The van der Waals surface area contributed by atoms with Gasteiger partial charge in [0.25, 0.3) is 0 Å². The van der Waals surface area contributed by atoms with Crippen molar-refractivity contribution in [3.63, 3.8) is 0 Å². The minimum atomic E-state index is 0.0316. The molecule has 3 saturated carbocycles. The molecular formula is C63H57N3O. The Labute approximate surface area is 390 Å². The molecule has 6 heterocycles. The third-order valence-corrected chi connectivity index (χ3v) is 19.3. The number of nitrogens with zero attached hydrogens (tertiary/aromatic N) is 3. The molecule has 3 fully saturated rings. The summed E-state index contributed by atoms with van der Waals surface area (Å²) < 4.78 is 12.4. The van der Waals surface area contributed by atoms with Gasteiger partial charge in [0.05, 0.1) is 39.3 Å². The van der Waals surface area contributed by atoms with Gasteiger partial charge in [0.15, 0.2) is 0 Å². The lowest BCUT2D eigenvalue weighted by molar-refractivity contribution is 0.165. The number of hydrogen-bond acceptors (Lipinski definition) is 2. The predicted molar refractivity (Wildman–Crippen MR) is 280 cm³/mol. The summed E-state index contributed by atoms with van der Waals surface area (Å²) in [4.78, 5) is 5.61. The van der Waals surface area contributed by atoms with E-state index in [1.165, 1.54) is 173 Å². The van der Waals surface area contributed by atoms with Crippen LogP contribution in [0.5, 0.6) is 0 Å². The van der Waals surface area contributed by atoms with Crippen molar-refractivity contribution >= 4 is 109 Å². The largest absolute Gasteiger partial charge is 0.456 e. The minimum Gasteiger partial charge on any atom is -0.456 e. The Balaban J connectivity index is 1.10. The van der Waals surface area contributed by atoms with Crippen molar-refractivity contribution in [2.45, 2.75) is 140 Å². The normalized spacial score (nSPS) is 24.3. The van der Waals surface area contributed by atoms with Gasteiger partial charge in [-0.15, -0.1) is 0 Å². The summed E-state index contributed by atoms with van der Waals surface area (Å²) in [7, 11) is 0. The molecule has 4 atom stereocenters. The van der Waals surface area contributed by atoms with Crippen LogP contribution in [0, 0.1) is 11.8 Å². The fraction of sp³-hybridized carbons (Fsp3) is 0.381. The molecule has 0 aliphatic heterocycles. The maximum atomic E-state index is 6.97. The standard InChI is InChI=1S/C63H57N3O/c1-62(2,3)37-16-17-38-34(23-37)24-41-40-25-46-42(26-45(40)66-48-29-64-59-36-21-30-18-31(22-36)20-35(19-30)53(59)58(48)56(38)60(41)66)57-55-39-12-7-8-13-49(39)67-50(55)27-43-54-47(65(46)61(43)57)28-44(63(4,5)6)51-32-10-9-11-33(15-14-32)52(51)54/h7-8,12-13,16-17,23-33,35-36H,9-11,14-15,18-22H2,1-6H3. The lowest BCUT2D eigenvalue weighted by Gasteiger charge is -2.38. The van der Waals surface area contributed by atoms with Gasteiger partial charge in [0.1, 0.15) is 11.2 Å². The Kier molecular flexibility index (Phi) is 6.58. The number of benzene rings is 6. The highest BCUT2D eigenvalue weighted by Gasteiger charge is 2.45. The van der Waals surface area contributed by atoms with Crippen molar-refractivity contribution in [2.75, 3.05) is 0 Å². The molecule has 4 unspecified atom stereocenters. The molecule has 19 rings (SSSR count). The van der Waals surface area contributed by atoms with E-state index >= 15 is 0 Å². The first-order valence-corrected chi connectivity index (χ1v) is 26.1. The summed E-state index contributed by atoms with van der Waals surface area (Å²) in [5, 5.41) is 16.5. The van der Waals surface area contributed by atoms with Crippen molar-refractivity contribution in [1.82, 2.24) is 13.8 Å². The number of fused-ring (bicyclic) bond motifs is 21. The summed E-state index contributed by atoms with van der Waals surface area (Å²) in [6, 6.07) is 29.1. The highest BCUT2D eigenvalue weighted by atomic mass is 16.3. The van der Waals surface area contributed by atoms with Crippen molar-refractivity contribution in [2.24, 2.45) is 11.8 Å². The zero-order valence-corrected chi connectivity index (χ0v) is 39.8. The number of aromatic nitrogens is 3. The summed E-state index contributed by atoms with van der Waals surface area (Å²) in [6.45, 7) is 14.5. The van der Waals surface area contributed by atoms with Crippen LogP contribution in [-0.4, -0.2) is 13.8 Å². The van der Waals surface area contributed by atoms with Gasteiger partial charge in [-0.05, 0) is 173 Å². The Hall–Kier alpha value is -5.87. The van der Waals surface area contributed by atoms with E-state index in [4.69, 9.17) is 9.40 Å². The fourth-order valence-corrected chi connectivity index (χ4v) is 16.8. The molecule has 0 saturated heterocycles. The molecule has 4 nitrogen and oxygen atoms in total. The number of rotatable bonds is 0. The number of pyridine rings is 1. The predicted octanol–water partition coefficient (Wildman–Crippen LogP) is 17.6. The fourth-order valence-electron chi connectivity index (χ4n) is 16.8. The van der Waals surface area contributed by atoms with Gasteiger partial charge in [-0.1, -0.05) is 84.4 Å². The van der Waals surface area contributed by atoms with Gasteiger partial charge in [0.2, 0.25) is 0 Å². The van der Waals surface area contributed by atoms with E-state index in [0.717, 1.165) is 23.0 Å². The zero-order chi connectivity index (χ0) is 44.3. The molecule has 4 heteroatoms. The third-order valence-electron chi connectivity index (χ3n) is 19.3. The van der Waals surface area contributed by atoms with Gasteiger partial charge in [-0.25, -0.2) is 0 Å². The monoisotopic (exact) mass is 871 g/mol. The molecule has 7 aliphatic rings. The maximum Gasteiger partial charge on any atom is 0.136 e. The molecule has 330 valence electrons. The smallest absolute Gasteiger partial charge is 0.136 e. The summed E-state index contributed by atoms with van der Waals surface area (Å²) in [6.07, 6.45) is 15.6. The van der Waals surface area contributed by atoms with E-state index < -0.39 is 0 Å². The van der Waals surface area contributed by atoms with Crippen LogP contribution in [0.4, 0.5) is 0 Å². The number of furan rings is 1. The maximum absolute atomic E-state index is 6.97. The molecule has 0 amide bonds. The number of hydrogen-bond donors (Lipinski definition) is 0. The lowest BCUT2D eigenvalue weighted by atomic mass is 9.67. The van der Waals surface area contributed by atoms with E-state index in [2.05, 4.69) is 129 Å². The highest BCUT2D eigenvalue weighted by Crippen LogP contribution is 2.60. The average molecular weight is 872 g/mol. The van der Waals surface area contributed by atoms with Crippen molar-refractivity contribution in [1.29, 1.82) is 0 Å². The van der Waals surface area contributed by atoms with E-state index in [1.54, 1.807) is 22.3 Å². The molecular weight excluding hydrogens is 815 g/mol. The molecule has 0 radical (unpaired) electrons. The second-order valence-electron chi connectivity index (χ2n) is 24.9. The average Bonchev–Trinajstić information content (AvgIpc) is 4.00. The van der Waals surface area contributed by atoms with E-state index in [-0.39, 0.29) is 10.8 Å². The topological polar surface area (TPSA) is 34.9 Å². The van der Waals surface area contributed by atoms with Crippen molar-refractivity contribution in [3.8, 4) is 0 Å². The third kappa shape index (κ3) is 4.43. The van der Waals surface area contributed by atoms with Gasteiger partial charge >= 0.3 is 0 Å². The Morgan fingerprint density at radius 3 is 2.01 bits per heavy atom. The van der Waals surface area contributed by atoms with Gasteiger partial charge < -0.3 is 13.2 Å². The first-order chi connectivity index (χ1) is 32.5. The summed E-state index contributed by atoms with van der Waals surface area (Å²) in [5.74, 6) is 4.12. The van der Waals surface area contributed by atoms with Gasteiger partial charge in [-0.3, -0.25) is 4.98 Å². The zero-order valence-electron chi connectivity index (χ0n) is 39.8. The molecule has 0 spiro atoms. The first-order valence-electron chi connectivity index (χ1n) is 26.1. The second-order valence-corrected chi connectivity index (χ2v) is 24.9. The summed E-state index contributed by atoms with van der Waals surface area (Å²) in [5.41, 5.74) is 19.5. The summed E-state index contributed by atoms with van der Waals surface area (Å²) >= 11 is 0. The minimum absolute atomic E-state index is 0.0316. The second kappa shape index (κ2) is 11.9. The van der Waals surface area contributed by atoms with Crippen LogP contribution in [0.1, 0.15) is 163 Å². The number of para-hydroxylation sites is 1. The Bertz CT molecular complexity index is 4210. The van der Waals surface area contributed by atoms with Crippen molar-refractivity contribution < 1.29 is 4.42 Å². The Morgan fingerprint density at radius 1 is 0.493 bits per heavy atom. The van der Waals surface area contributed by atoms with Crippen LogP contribution in [0.15, 0.2) is 83.4 Å². The SMILES string of the molecule is CC(C)(C)c1ccc2c(c1)cc1c3cc4c(cc3n3c5cnc6c(c5c2c13)C1CC2CC(CC6C2)C1)c1c2c(cc3c5c6c(c(C(C)(C)C)cc5n4c31)C1CCCC6CC1)oc1ccccc12. The van der Waals surface area contributed by atoms with Crippen LogP contribution in [0.3, 0.4) is 0 Å². The molecule has 67 heavy (non-hydrogen) atoms. The molecule has 0 N–H and O–H groups in total. The van der Waals surface area contributed by atoms with Crippen LogP contribution in [0.2, 0.25) is 0 Å². The van der Waals surface area contributed by atoms with Crippen LogP contribution >= 0.6 is 0 Å². The molecule has 6 aromatic carbocycles. The molecule has 7 aliphatic carbocycles. The van der Waals surface area contributed by atoms with Crippen LogP contribution < -0.4 is 0 Å². The van der Waals surface area contributed by atoms with E-state index in [9.17, 15) is 0 Å². The molecule has 6 bridgehead atoms.